The number of amides is 2. The highest BCUT2D eigenvalue weighted by atomic mass is 19.4. The van der Waals surface area contributed by atoms with E-state index in [-0.39, 0.29) is 11.3 Å². The number of nitrogens with one attached hydrogen (secondary N) is 2. The molecule has 2 aromatic rings. The van der Waals surface area contributed by atoms with E-state index in [2.05, 4.69) is 10.3 Å². The van der Waals surface area contributed by atoms with E-state index in [1.165, 1.54) is 49.7 Å². The van der Waals surface area contributed by atoms with Crippen LogP contribution in [0.25, 0.3) is 0 Å². The van der Waals surface area contributed by atoms with Crippen LogP contribution in [0.2, 0.25) is 0 Å². The zero-order chi connectivity index (χ0) is 16.9. The van der Waals surface area contributed by atoms with Gasteiger partial charge in [-0.3, -0.25) is 0 Å². The van der Waals surface area contributed by atoms with Crippen LogP contribution in [0, 0.1) is 0 Å². The van der Waals surface area contributed by atoms with Crippen LogP contribution < -0.4 is 15.4 Å². The summed E-state index contributed by atoms with van der Waals surface area (Å²) >= 11 is 0. The Balaban J connectivity index is 2.08. The molecule has 0 spiro atoms. The highest BCUT2D eigenvalue weighted by molar-refractivity contribution is 5.89. The van der Waals surface area contributed by atoms with Crippen molar-refractivity contribution in [2.45, 2.75) is 12.2 Å². The van der Waals surface area contributed by atoms with E-state index in [1.54, 1.807) is 6.07 Å². The summed E-state index contributed by atoms with van der Waals surface area (Å²) in [4.78, 5) is 15.7. The number of carbonyl (C=O) groups excluding carboxylic acids is 1. The monoisotopic (exact) mass is 325 g/mol. The van der Waals surface area contributed by atoms with Gasteiger partial charge in [0.15, 0.2) is 6.04 Å². The highest BCUT2D eigenvalue weighted by Gasteiger charge is 2.41. The van der Waals surface area contributed by atoms with Crippen molar-refractivity contribution >= 4 is 11.7 Å². The summed E-state index contributed by atoms with van der Waals surface area (Å²) in [5, 5.41) is 4.21. The van der Waals surface area contributed by atoms with Crippen LogP contribution in [0.4, 0.5) is 23.7 Å². The molecule has 0 aliphatic heterocycles. The maximum Gasteiger partial charge on any atom is 0.412 e. The molecule has 1 aromatic heterocycles. The molecule has 0 aliphatic rings. The molecule has 0 saturated carbocycles. The van der Waals surface area contributed by atoms with Gasteiger partial charge in [0.2, 0.25) is 5.88 Å². The molecule has 5 nitrogen and oxygen atoms in total. The van der Waals surface area contributed by atoms with Gasteiger partial charge in [0.25, 0.3) is 0 Å². The number of hydrogen-bond acceptors (Lipinski definition) is 3. The lowest BCUT2D eigenvalue weighted by Gasteiger charge is -2.22. The number of ether oxygens (including phenoxy) is 1. The SMILES string of the molecule is COc1ccc(NC(=O)N[C@@H](c2ccccc2)C(F)(F)F)cn1. The molecule has 0 radical (unpaired) electrons. The predicted octanol–water partition coefficient (Wildman–Crippen LogP) is 3.52. The number of benzene rings is 1. The second kappa shape index (κ2) is 6.99. The number of carbonyl (C=O) groups is 1. The molecule has 0 aliphatic carbocycles. The van der Waals surface area contributed by atoms with Crippen molar-refractivity contribution in [1.82, 2.24) is 10.3 Å². The van der Waals surface area contributed by atoms with E-state index in [9.17, 15) is 18.0 Å². The summed E-state index contributed by atoms with van der Waals surface area (Å²) in [5.74, 6) is 0.327. The minimum atomic E-state index is -4.61. The van der Waals surface area contributed by atoms with Gasteiger partial charge in [-0.1, -0.05) is 30.3 Å². The predicted molar refractivity (Wildman–Crippen MR) is 78.2 cm³/mol. The van der Waals surface area contributed by atoms with Gasteiger partial charge >= 0.3 is 12.2 Å². The zero-order valence-electron chi connectivity index (χ0n) is 12.1. The Bertz CT molecular complexity index is 645. The summed E-state index contributed by atoms with van der Waals surface area (Å²) in [7, 11) is 1.43. The molecule has 0 fully saturated rings. The molecule has 23 heavy (non-hydrogen) atoms. The summed E-state index contributed by atoms with van der Waals surface area (Å²) in [6, 6.07) is 7.01. The Hall–Kier alpha value is -2.77. The van der Waals surface area contributed by atoms with Crippen molar-refractivity contribution in [3.05, 3.63) is 54.2 Å². The fraction of sp³-hybridized carbons (Fsp3) is 0.200. The molecule has 1 atom stereocenters. The molecule has 0 saturated heterocycles. The Morgan fingerprint density at radius 2 is 1.87 bits per heavy atom. The number of methoxy groups -OCH3 is 1. The largest absolute Gasteiger partial charge is 0.481 e. The highest BCUT2D eigenvalue weighted by Crippen LogP contribution is 2.32. The standard InChI is InChI=1S/C15H14F3N3O2/c1-23-12-8-7-11(9-19-12)20-14(22)21-13(15(16,17)18)10-5-3-2-4-6-10/h2-9,13H,1H3,(H2,20,21,22)/t13-/m0/s1. The molecular weight excluding hydrogens is 311 g/mol. The Morgan fingerprint density at radius 1 is 1.17 bits per heavy atom. The van der Waals surface area contributed by atoms with Crippen LogP contribution in [-0.2, 0) is 0 Å². The number of nitrogens with zero attached hydrogens (tertiary/aromatic N) is 1. The normalized spacial score (nSPS) is 12.3. The van der Waals surface area contributed by atoms with Crippen LogP contribution in [0.1, 0.15) is 11.6 Å². The number of aromatic nitrogens is 1. The molecule has 2 rings (SSSR count). The smallest absolute Gasteiger partial charge is 0.412 e. The van der Waals surface area contributed by atoms with Crippen molar-refractivity contribution in [3.63, 3.8) is 0 Å². The Morgan fingerprint density at radius 3 is 2.39 bits per heavy atom. The van der Waals surface area contributed by atoms with Gasteiger partial charge in [0.05, 0.1) is 19.0 Å². The minimum Gasteiger partial charge on any atom is -0.481 e. The van der Waals surface area contributed by atoms with E-state index in [1.807, 2.05) is 5.32 Å². The summed E-state index contributed by atoms with van der Waals surface area (Å²) in [6.45, 7) is 0. The van der Waals surface area contributed by atoms with Gasteiger partial charge in [-0.15, -0.1) is 0 Å². The van der Waals surface area contributed by atoms with Crippen molar-refractivity contribution in [2.75, 3.05) is 12.4 Å². The number of alkyl halides is 3. The molecule has 1 aromatic carbocycles. The number of pyridine rings is 1. The van der Waals surface area contributed by atoms with Crippen LogP contribution in [0.5, 0.6) is 5.88 Å². The van der Waals surface area contributed by atoms with E-state index in [0.717, 1.165) is 0 Å². The molecule has 0 bridgehead atoms. The first-order valence-corrected chi connectivity index (χ1v) is 6.59. The van der Waals surface area contributed by atoms with Crippen molar-refractivity contribution < 1.29 is 22.7 Å². The zero-order valence-corrected chi connectivity index (χ0v) is 12.1. The van der Waals surface area contributed by atoms with E-state index < -0.39 is 18.2 Å². The summed E-state index contributed by atoms with van der Waals surface area (Å²) in [5.41, 5.74) is 0.195. The third-order valence-electron chi connectivity index (χ3n) is 2.94. The second-order valence-corrected chi connectivity index (χ2v) is 4.57. The van der Waals surface area contributed by atoms with Crippen LogP contribution in [0.15, 0.2) is 48.7 Å². The lowest BCUT2D eigenvalue weighted by atomic mass is 10.1. The number of rotatable bonds is 4. The first-order valence-electron chi connectivity index (χ1n) is 6.59. The van der Waals surface area contributed by atoms with E-state index in [0.29, 0.717) is 5.88 Å². The van der Waals surface area contributed by atoms with Gasteiger partial charge < -0.3 is 15.4 Å². The average molecular weight is 325 g/mol. The van der Waals surface area contributed by atoms with Gasteiger partial charge in [-0.2, -0.15) is 13.2 Å². The maximum absolute atomic E-state index is 13.1. The van der Waals surface area contributed by atoms with Gasteiger partial charge in [-0.25, -0.2) is 9.78 Å². The Labute approximate surface area is 130 Å². The van der Waals surface area contributed by atoms with Crippen molar-refractivity contribution in [1.29, 1.82) is 0 Å². The first-order chi connectivity index (χ1) is 10.9. The van der Waals surface area contributed by atoms with Crippen molar-refractivity contribution in [3.8, 4) is 5.88 Å². The van der Waals surface area contributed by atoms with Crippen LogP contribution in [-0.4, -0.2) is 24.3 Å². The quantitative estimate of drug-likeness (QED) is 0.904. The first kappa shape index (κ1) is 16.6. The molecule has 1 heterocycles. The molecule has 0 unspecified atom stereocenters. The molecule has 8 heteroatoms. The molecule has 2 amide bonds. The average Bonchev–Trinajstić information content (AvgIpc) is 2.53. The van der Waals surface area contributed by atoms with E-state index >= 15 is 0 Å². The van der Waals surface area contributed by atoms with Gasteiger partial charge in [-0.05, 0) is 11.6 Å². The topological polar surface area (TPSA) is 63.2 Å². The molecular formula is C15H14F3N3O2. The third kappa shape index (κ3) is 4.60. The summed E-state index contributed by atoms with van der Waals surface area (Å²) < 4.78 is 44.2. The fourth-order valence-corrected chi connectivity index (χ4v) is 1.87. The number of anilines is 1. The maximum atomic E-state index is 13.1. The fourth-order valence-electron chi connectivity index (χ4n) is 1.87. The summed E-state index contributed by atoms with van der Waals surface area (Å²) in [6.07, 6.45) is -3.33. The number of hydrogen-bond donors (Lipinski definition) is 2. The third-order valence-corrected chi connectivity index (χ3v) is 2.94. The lowest BCUT2D eigenvalue weighted by molar-refractivity contribution is -0.154. The van der Waals surface area contributed by atoms with Crippen molar-refractivity contribution in [2.24, 2.45) is 0 Å². The lowest BCUT2D eigenvalue weighted by Crippen LogP contribution is -2.40. The Kier molecular flexibility index (Phi) is 5.05. The van der Waals surface area contributed by atoms with Crippen LogP contribution >= 0.6 is 0 Å². The van der Waals surface area contributed by atoms with E-state index in [4.69, 9.17) is 4.74 Å². The number of halogens is 3. The molecule has 122 valence electrons. The van der Waals surface area contributed by atoms with Gasteiger partial charge in [0, 0.05) is 6.07 Å². The second-order valence-electron chi connectivity index (χ2n) is 4.57. The minimum absolute atomic E-state index is 0.0528. The molecule has 2 N–H and O–H groups in total. The van der Waals surface area contributed by atoms with Gasteiger partial charge in [0.1, 0.15) is 0 Å². The number of urea groups is 1. The van der Waals surface area contributed by atoms with Crippen LogP contribution in [0.3, 0.4) is 0 Å².